The molecule has 1 unspecified atom stereocenters. The molecule has 0 aliphatic carbocycles. The quantitative estimate of drug-likeness (QED) is 0.689. The fraction of sp³-hybridized carbons (Fsp3) is 0.571. The van der Waals surface area contributed by atoms with Crippen molar-refractivity contribution in [2.75, 3.05) is 11.9 Å². The average molecular weight is 291 g/mol. The molecule has 0 saturated heterocycles. The van der Waals surface area contributed by atoms with E-state index in [-0.39, 0.29) is 6.42 Å². The normalized spacial score (nSPS) is 12.7. The second-order valence-corrected chi connectivity index (χ2v) is 5.48. The van der Waals surface area contributed by atoms with Gasteiger partial charge >= 0.3 is 5.97 Å². The van der Waals surface area contributed by atoms with Crippen molar-refractivity contribution in [2.45, 2.75) is 33.1 Å². The Morgan fingerprint density at radius 3 is 2.86 bits per heavy atom. The third kappa shape index (κ3) is 4.14. The van der Waals surface area contributed by atoms with Crippen LogP contribution in [-0.2, 0) is 4.79 Å². The minimum atomic E-state index is -0.733. The first-order chi connectivity index (χ1) is 10.1. The van der Waals surface area contributed by atoms with Crippen molar-refractivity contribution in [3.63, 3.8) is 0 Å². The summed E-state index contributed by atoms with van der Waals surface area (Å²) in [6.45, 7) is 5.00. The van der Waals surface area contributed by atoms with Gasteiger partial charge < -0.3 is 15.4 Å². The van der Waals surface area contributed by atoms with Crippen LogP contribution in [0.2, 0.25) is 0 Å². The summed E-state index contributed by atoms with van der Waals surface area (Å²) in [4.78, 5) is 26.1. The zero-order valence-electron chi connectivity index (χ0n) is 12.3. The van der Waals surface area contributed by atoms with Crippen molar-refractivity contribution >= 4 is 23.0 Å². The number of rotatable bonds is 8. The van der Waals surface area contributed by atoms with E-state index in [0.717, 1.165) is 24.3 Å². The first kappa shape index (κ1) is 15.2. The molecule has 0 aliphatic rings. The fourth-order valence-corrected chi connectivity index (χ4v) is 2.39. The number of anilines is 1. The van der Waals surface area contributed by atoms with Crippen LogP contribution in [0.25, 0.3) is 11.2 Å². The molecule has 0 bridgehead atoms. The molecule has 7 heteroatoms. The predicted molar refractivity (Wildman–Crippen MR) is 80.0 cm³/mol. The van der Waals surface area contributed by atoms with E-state index in [1.165, 1.54) is 6.33 Å². The first-order valence-corrected chi connectivity index (χ1v) is 7.17. The highest BCUT2D eigenvalue weighted by Gasteiger charge is 2.15. The number of fused-ring (bicyclic) bond motifs is 1. The Morgan fingerprint density at radius 2 is 2.14 bits per heavy atom. The van der Waals surface area contributed by atoms with Crippen molar-refractivity contribution in [3.05, 3.63) is 12.7 Å². The summed E-state index contributed by atoms with van der Waals surface area (Å²) in [7, 11) is 0. The highest BCUT2D eigenvalue weighted by atomic mass is 16.4. The number of imidazole rings is 1. The van der Waals surface area contributed by atoms with E-state index < -0.39 is 5.97 Å². The van der Waals surface area contributed by atoms with E-state index in [2.05, 4.69) is 39.1 Å². The highest BCUT2D eigenvalue weighted by molar-refractivity contribution is 5.81. The van der Waals surface area contributed by atoms with E-state index in [1.807, 2.05) is 0 Å². The summed E-state index contributed by atoms with van der Waals surface area (Å²) < 4.78 is 0. The molecule has 0 amide bonds. The molecule has 0 spiro atoms. The Balaban J connectivity index is 1.89. The predicted octanol–water partition coefficient (Wildman–Crippen LogP) is 2.29. The molecule has 0 aromatic carbocycles. The fourth-order valence-electron chi connectivity index (χ4n) is 2.39. The van der Waals surface area contributed by atoms with Crippen molar-refractivity contribution in [3.8, 4) is 0 Å². The minimum Gasteiger partial charge on any atom is -0.481 e. The Hall–Kier alpha value is -2.18. The zero-order chi connectivity index (χ0) is 15.2. The SMILES string of the molecule is CC(C)C(CCNc1ncnc2nc[nH]c12)CCC(=O)O. The van der Waals surface area contributed by atoms with Crippen molar-refractivity contribution in [2.24, 2.45) is 11.8 Å². The number of nitrogens with zero attached hydrogens (tertiary/aromatic N) is 3. The molecule has 0 radical (unpaired) electrons. The minimum absolute atomic E-state index is 0.223. The number of hydrogen-bond donors (Lipinski definition) is 3. The second kappa shape index (κ2) is 7.01. The molecule has 2 aromatic rings. The maximum absolute atomic E-state index is 10.7. The monoisotopic (exact) mass is 291 g/mol. The second-order valence-electron chi connectivity index (χ2n) is 5.48. The number of carboxylic acids is 1. The van der Waals surface area contributed by atoms with E-state index in [9.17, 15) is 4.79 Å². The van der Waals surface area contributed by atoms with Gasteiger partial charge in [0.05, 0.1) is 6.33 Å². The summed E-state index contributed by atoms with van der Waals surface area (Å²) in [5.41, 5.74) is 1.43. The molecular weight excluding hydrogens is 270 g/mol. The van der Waals surface area contributed by atoms with Gasteiger partial charge in [-0.2, -0.15) is 0 Å². The maximum Gasteiger partial charge on any atom is 0.303 e. The molecule has 3 N–H and O–H groups in total. The standard InChI is InChI=1S/C14H21N5O2/c1-9(2)10(3-4-11(20)21)5-6-15-13-12-14(17-7-16-12)19-8-18-13/h7-10H,3-6H2,1-2H3,(H,20,21)(H2,15,16,17,18,19). The lowest BCUT2D eigenvalue weighted by Crippen LogP contribution is -2.16. The van der Waals surface area contributed by atoms with Crippen LogP contribution in [0.4, 0.5) is 5.82 Å². The Morgan fingerprint density at radius 1 is 1.33 bits per heavy atom. The first-order valence-electron chi connectivity index (χ1n) is 7.17. The van der Waals surface area contributed by atoms with Gasteiger partial charge in [-0.3, -0.25) is 4.79 Å². The summed E-state index contributed by atoms with van der Waals surface area (Å²) in [5, 5.41) is 12.1. The lowest BCUT2D eigenvalue weighted by atomic mass is 9.88. The van der Waals surface area contributed by atoms with Gasteiger partial charge in [0.15, 0.2) is 11.5 Å². The summed E-state index contributed by atoms with van der Waals surface area (Å²) in [5.74, 6) is 0.846. The van der Waals surface area contributed by atoms with E-state index in [4.69, 9.17) is 5.11 Å². The molecule has 1 atom stereocenters. The molecule has 21 heavy (non-hydrogen) atoms. The van der Waals surface area contributed by atoms with Gasteiger partial charge in [0, 0.05) is 13.0 Å². The lowest BCUT2D eigenvalue weighted by Gasteiger charge is -2.20. The Bertz CT molecular complexity index is 596. The van der Waals surface area contributed by atoms with Gasteiger partial charge in [-0.25, -0.2) is 15.0 Å². The van der Waals surface area contributed by atoms with Gasteiger partial charge in [0.2, 0.25) is 0 Å². The topological polar surface area (TPSA) is 104 Å². The van der Waals surface area contributed by atoms with Gasteiger partial charge in [-0.05, 0) is 24.7 Å². The molecule has 0 saturated carbocycles. The van der Waals surface area contributed by atoms with Crippen molar-refractivity contribution < 1.29 is 9.90 Å². The number of nitrogens with one attached hydrogen (secondary N) is 2. The molecule has 2 rings (SSSR count). The van der Waals surface area contributed by atoms with Crippen LogP contribution in [0.5, 0.6) is 0 Å². The molecule has 0 fully saturated rings. The third-order valence-electron chi connectivity index (χ3n) is 3.70. The van der Waals surface area contributed by atoms with Crippen LogP contribution in [0.3, 0.4) is 0 Å². The van der Waals surface area contributed by atoms with Crippen molar-refractivity contribution in [1.82, 2.24) is 19.9 Å². The van der Waals surface area contributed by atoms with E-state index in [0.29, 0.717) is 23.9 Å². The van der Waals surface area contributed by atoms with Crippen LogP contribution in [0.15, 0.2) is 12.7 Å². The molecular formula is C14H21N5O2. The Kier molecular flexibility index (Phi) is 5.08. The maximum atomic E-state index is 10.7. The number of H-pyrrole nitrogens is 1. The van der Waals surface area contributed by atoms with E-state index in [1.54, 1.807) is 6.33 Å². The van der Waals surface area contributed by atoms with Crippen LogP contribution < -0.4 is 5.32 Å². The van der Waals surface area contributed by atoms with Crippen LogP contribution in [0, 0.1) is 11.8 Å². The smallest absolute Gasteiger partial charge is 0.303 e. The number of aliphatic carboxylic acids is 1. The largest absolute Gasteiger partial charge is 0.481 e. The average Bonchev–Trinajstić information content (AvgIpc) is 2.91. The number of aromatic amines is 1. The number of carboxylic acid groups (broad SMARTS) is 1. The summed E-state index contributed by atoms with van der Waals surface area (Å²) in [6.07, 6.45) is 4.91. The number of aromatic nitrogens is 4. The molecule has 2 heterocycles. The summed E-state index contributed by atoms with van der Waals surface area (Å²) >= 11 is 0. The van der Waals surface area contributed by atoms with Crippen LogP contribution in [0.1, 0.15) is 33.1 Å². The summed E-state index contributed by atoms with van der Waals surface area (Å²) in [6, 6.07) is 0. The Labute approximate surface area is 123 Å². The molecule has 114 valence electrons. The van der Waals surface area contributed by atoms with Gasteiger partial charge in [0.25, 0.3) is 0 Å². The van der Waals surface area contributed by atoms with Crippen molar-refractivity contribution in [1.29, 1.82) is 0 Å². The lowest BCUT2D eigenvalue weighted by molar-refractivity contribution is -0.137. The molecule has 0 aliphatic heterocycles. The molecule has 2 aromatic heterocycles. The van der Waals surface area contributed by atoms with E-state index >= 15 is 0 Å². The van der Waals surface area contributed by atoms with Crippen LogP contribution in [-0.4, -0.2) is 37.6 Å². The highest BCUT2D eigenvalue weighted by Crippen LogP contribution is 2.22. The molecule has 7 nitrogen and oxygen atoms in total. The van der Waals surface area contributed by atoms with Crippen LogP contribution >= 0.6 is 0 Å². The van der Waals surface area contributed by atoms with Gasteiger partial charge in [-0.1, -0.05) is 13.8 Å². The number of hydrogen-bond acceptors (Lipinski definition) is 5. The zero-order valence-corrected chi connectivity index (χ0v) is 12.3. The third-order valence-corrected chi connectivity index (χ3v) is 3.70. The van der Waals surface area contributed by atoms with Gasteiger partial charge in [0.1, 0.15) is 11.8 Å². The van der Waals surface area contributed by atoms with Gasteiger partial charge in [-0.15, -0.1) is 0 Å². The number of carbonyl (C=O) groups is 1.